The third-order valence-electron chi connectivity index (χ3n) is 2.83. The molecular weight excluding hydrogens is 240 g/mol. The van der Waals surface area contributed by atoms with E-state index in [9.17, 15) is 0 Å². The SMILES string of the molecule is c1ccc2nc(NCCCc3ncn[nH]3)ncc2c1. The largest absolute Gasteiger partial charge is 0.354 e. The van der Waals surface area contributed by atoms with Crippen LogP contribution in [0.4, 0.5) is 5.95 Å². The lowest BCUT2D eigenvalue weighted by atomic mass is 10.2. The van der Waals surface area contributed by atoms with E-state index in [0.29, 0.717) is 5.95 Å². The minimum absolute atomic E-state index is 0.663. The molecular formula is C13H14N6. The number of aryl methyl sites for hydroxylation is 1. The van der Waals surface area contributed by atoms with E-state index in [1.807, 2.05) is 30.5 Å². The van der Waals surface area contributed by atoms with Crippen LogP contribution in [0.3, 0.4) is 0 Å². The molecule has 0 aliphatic heterocycles. The fraction of sp³-hybridized carbons (Fsp3) is 0.231. The van der Waals surface area contributed by atoms with Crippen LogP contribution in [-0.2, 0) is 6.42 Å². The summed E-state index contributed by atoms with van der Waals surface area (Å²) in [5, 5.41) is 10.9. The Morgan fingerprint density at radius 1 is 1.16 bits per heavy atom. The van der Waals surface area contributed by atoms with E-state index < -0.39 is 0 Å². The van der Waals surface area contributed by atoms with E-state index in [1.54, 1.807) is 0 Å². The molecule has 0 aliphatic rings. The number of hydrogen-bond acceptors (Lipinski definition) is 5. The summed E-state index contributed by atoms with van der Waals surface area (Å²) in [5.41, 5.74) is 0.954. The summed E-state index contributed by atoms with van der Waals surface area (Å²) >= 11 is 0. The first kappa shape index (κ1) is 11.6. The van der Waals surface area contributed by atoms with Gasteiger partial charge in [-0.3, -0.25) is 5.10 Å². The van der Waals surface area contributed by atoms with Crippen LogP contribution in [0.25, 0.3) is 10.9 Å². The first-order valence-electron chi connectivity index (χ1n) is 6.22. The number of aromatic amines is 1. The molecule has 96 valence electrons. The molecule has 2 heterocycles. The van der Waals surface area contributed by atoms with Crippen LogP contribution < -0.4 is 5.32 Å². The normalized spacial score (nSPS) is 10.7. The molecule has 1 aromatic carbocycles. The number of H-pyrrole nitrogens is 1. The second-order valence-electron chi connectivity index (χ2n) is 4.21. The summed E-state index contributed by atoms with van der Waals surface area (Å²) in [6.45, 7) is 0.805. The summed E-state index contributed by atoms with van der Waals surface area (Å²) < 4.78 is 0. The van der Waals surface area contributed by atoms with Gasteiger partial charge in [-0.2, -0.15) is 5.10 Å². The van der Waals surface area contributed by atoms with E-state index in [-0.39, 0.29) is 0 Å². The molecule has 0 aliphatic carbocycles. The Labute approximate surface area is 110 Å². The summed E-state index contributed by atoms with van der Waals surface area (Å²) in [7, 11) is 0. The highest BCUT2D eigenvalue weighted by atomic mass is 15.2. The van der Waals surface area contributed by atoms with E-state index in [2.05, 4.69) is 30.5 Å². The Balaban J connectivity index is 1.56. The van der Waals surface area contributed by atoms with Crippen LogP contribution >= 0.6 is 0 Å². The Kier molecular flexibility index (Phi) is 3.31. The van der Waals surface area contributed by atoms with Crippen molar-refractivity contribution in [2.45, 2.75) is 12.8 Å². The van der Waals surface area contributed by atoms with Gasteiger partial charge in [-0.05, 0) is 12.5 Å². The maximum atomic E-state index is 4.45. The molecule has 6 heteroatoms. The van der Waals surface area contributed by atoms with E-state index in [1.165, 1.54) is 6.33 Å². The van der Waals surface area contributed by atoms with Crippen molar-refractivity contribution in [3.63, 3.8) is 0 Å². The summed E-state index contributed by atoms with van der Waals surface area (Å²) in [4.78, 5) is 12.8. The number of anilines is 1. The molecule has 2 N–H and O–H groups in total. The van der Waals surface area contributed by atoms with E-state index in [4.69, 9.17) is 0 Å². The first-order valence-corrected chi connectivity index (χ1v) is 6.22. The Hall–Kier alpha value is -2.50. The number of nitrogens with one attached hydrogen (secondary N) is 2. The highest BCUT2D eigenvalue weighted by Gasteiger charge is 1.99. The van der Waals surface area contributed by atoms with Crippen LogP contribution in [0.15, 0.2) is 36.8 Å². The zero-order valence-electron chi connectivity index (χ0n) is 10.4. The Morgan fingerprint density at radius 2 is 2.11 bits per heavy atom. The van der Waals surface area contributed by atoms with Crippen molar-refractivity contribution >= 4 is 16.9 Å². The van der Waals surface area contributed by atoms with E-state index in [0.717, 1.165) is 36.1 Å². The molecule has 0 saturated heterocycles. The predicted octanol–water partition coefficient (Wildman–Crippen LogP) is 1.79. The lowest BCUT2D eigenvalue weighted by molar-refractivity contribution is 0.801. The lowest BCUT2D eigenvalue weighted by Gasteiger charge is -2.04. The smallest absolute Gasteiger partial charge is 0.223 e. The maximum Gasteiger partial charge on any atom is 0.223 e. The van der Waals surface area contributed by atoms with Gasteiger partial charge in [0.05, 0.1) is 5.52 Å². The average molecular weight is 254 g/mol. The third-order valence-corrected chi connectivity index (χ3v) is 2.83. The highest BCUT2D eigenvalue weighted by Crippen LogP contribution is 2.11. The molecule has 0 spiro atoms. The van der Waals surface area contributed by atoms with Gasteiger partial charge in [0, 0.05) is 24.5 Å². The first-order chi connectivity index (χ1) is 9.42. The summed E-state index contributed by atoms with van der Waals surface area (Å²) in [6, 6.07) is 7.94. The predicted molar refractivity (Wildman–Crippen MR) is 72.7 cm³/mol. The van der Waals surface area contributed by atoms with Crippen LogP contribution in [-0.4, -0.2) is 31.7 Å². The van der Waals surface area contributed by atoms with Gasteiger partial charge in [-0.15, -0.1) is 0 Å². The Morgan fingerprint density at radius 3 is 3.00 bits per heavy atom. The van der Waals surface area contributed by atoms with Gasteiger partial charge in [0.1, 0.15) is 12.2 Å². The molecule has 3 rings (SSSR count). The van der Waals surface area contributed by atoms with Gasteiger partial charge >= 0.3 is 0 Å². The lowest BCUT2D eigenvalue weighted by Crippen LogP contribution is -2.06. The molecule has 0 radical (unpaired) electrons. The summed E-state index contributed by atoms with van der Waals surface area (Å²) in [5.74, 6) is 1.57. The van der Waals surface area contributed by atoms with Crippen LogP contribution in [0.5, 0.6) is 0 Å². The zero-order valence-corrected chi connectivity index (χ0v) is 10.4. The third kappa shape index (κ3) is 2.85. The minimum Gasteiger partial charge on any atom is -0.354 e. The molecule has 0 unspecified atom stereocenters. The van der Waals surface area contributed by atoms with Crippen LogP contribution in [0, 0.1) is 0 Å². The van der Waals surface area contributed by atoms with Gasteiger partial charge < -0.3 is 5.32 Å². The van der Waals surface area contributed by atoms with Gasteiger partial charge in [0.15, 0.2) is 0 Å². The molecule has 0 fully saturated rings. The second kappa shape index (κ2) is 5.43. The topological polar surface area (TPSA) is 79.4 Å². The number of rotatable bonds is 5. The van der Waals surface area contributed by atoms with Gasteiger partial charge in [0.25, 0.3) is 0 Å². The van der Waals surface area contributed by atoms with Crippen molar-refractivity contribution in [3.8, 4) is 0 Å². The number of benzene rings is 1. The molecule has 0 bridgehead atoms. The molecule has 0 amide bonds. The van der Waals surface area contributed by atoms with Gasteiger partial charge in [0.2, 0.25) is 5.95 Å². The molecule has 6 nitrogen and oxygen atoms in total. The van der Waals surface area contributed by atoms with E-state index >= 15 is 0 Å². The van der Waals surface area contributed by atoms with Crippen LogP contribution in [0.2, 0.25) is 0 Å². The van der Waals surface area contributed by atoms with Crippen molar-refractivity contribution < 1.29 is 0 Å². The van der Waals surface area contributed by atoms with Crippen LogP contribution in [0.1, 0.15) is 12.2 Å². The van der Waals surface area contributed by atoms with Gasteiger partial charge in [-0.25, -0.2) is 15.0 Å². The molecule has 3 aromatic rings. The number of para-hydroxylation sites is 1. The van der Waals surface area contributed by atoms with Crippen molar-refractivity contribution in [2.75, 3.05) is 11.9 Å². The minimum atomic E-state index is 0.663. The monoisotopic (exact) mass is 254 g/mol. The molecule has 0 atom stereocenters. The summed E-state index contributed by atoms with van der Waals surface area (Å²) in [6.07, 6.45) is 5.17. The highest BCUT2D eigenvalue weighted by molar-refractivity contribution is 5.78. The number of fused-ring (bicyclic) bond motifs is 1. The fourth-order valence-electron chi connectivity index (χ4n) is 1.86. The Bertz CT molecular complexity index is 649. The fourth-order valence-corrected chi connectivity index (χ4v) is 1.86. The number of nitrogens with zero attached hydrogens (tertiary/aromatic N) is 4. The number of aromatic nitrogens is 5. The average Bonchev–Trinajstić information content (AvgIpc) is 2.97. The second-order valence-corrected chi connectivity index (χ2v) is 4.21. The quantitative estimate of drug-likeness (QED) is 0.679. The van der Waals surface area contributed by atoms with Crippen molar-refractivity contribution in [1.29, 1.82) is 0 Å². The molecule has 2 aromatic heterocycles. The maximum absolute atomic E-state index is 4.45. The molecule has 19 heavy (non-hydrogen) atoms. The van der Waals surface area contributed by atoms with Crippen molar-refractivity contribution in [2.24, 2.45) is 0 Å². The standard InChI is InChI=1S/C13H14N6/c1-2-5-11-10(4-1)8-15-13(18-11)14-7-3-6-12-16-9-17-19-12/h1-2,4-5,8-9H,3,6-7H2,(H,14,15,18)(H,16,17,19). The van der Waals surface area contributed by atoms with Crippen molar-refractivity contribution in [3.05, 3.63) is 42.6 Å². The number of hydrogen-bond donors (Lipinski definition) is 2. The zero-order chi connectivity index (χ0) is 12.9. The molecule has 0 saturated carbocycles. The van der Waals surface area contributed by atoms with Crippen molar-refractivity contribution in [1.82, 2.24) is 25.1 Å². The van der Waals surface area contributed by atoms with Gasteiger partial charge in [-0.1, -0.05) is 18.2 Å².